The molecule has 2 rings (SSSR count). The molecule has 0 amide bonds. The van der Waals surface area contributed by atoms with Crippen LogP contribution in [-0.4, -0.2) is 15.9 Å². The van der Waals surface area contributed by atoms with Crippen LogP contribution in [-0.2, 0) is 6.54 Å². The molecule has 5 nitrogen and oxygen atoms in total. The molecule has 0 aliphatic carbocycles. The fraction of sp³-hybridized carbons (Fsp3) is 0.118. The molecular weight excluding hydrogens is 349 g/mol. The number of halogens is 2. The van der Waals surface area contributed by atoms with E-state index in [1.807, 2.05) is 6.07 Å². The lowest BCUT2D eigenvalue weighted by molar-refractivity contribution is 0.414. The van der Waals surface area contributed by atoms with Crippen molar-refractivity contribution in [3.05, 3.63) is 67.9 Å². The number of hydrogen-bond donors (Lipinski definition) is 1. The van der Waals surface area contributed by atoms with Gasteiger partial charge in [0.1, 0.15) is 11.6 Å². The summed E-state index contributed by atoms with van der Waals surface area (Å²) in [5.41, 5.74) is 0.354. The Morgan fingerprint density at radius 1 is 1.46 bits per heavy atom. The van der Waals surface area contributed by atoms with Gasteiger partial charge in [-0.1, -0.05) is 35.3 Å². The summed E-state index contributed by atoms with van der Waals surface area (Å²) in [6.45, 7) is 5.18. The molecule has 0 radical (unpaired) electrons. The largest absolute Gasteiger partial charge is 0.494 e. The Bertz CT molecular complexity index is 940. The molecule has 1 N–H and O–H groups in total. The van der Waals surface area contributed by atoms with Gasteiger partial charge >= 0.3 is 0 Å². The normalized spacial score (nSPS) is 10.8. The van der Waals surface area contributed by atoms with Crippen molar-refractivity contribution >= 4 is 35.1 Å². The second kappa shape index (κ2) is 7.35. The number of aliphatic imine (C=N–C) groups is 1. The fourth-order valence-corrected chi connectivity index (χ4v) is 2.49. The van der Waals surface area contributed by atoms with E-state index in [1.165, 1.54) is 12.3 Å². The summed E-state index contributed by atoms with van der Waals surface area (Å²) >= 11 is 12.0. The molecule has 1 heterocycles. The van der Waals surface area contributed by atoms with Crippen LogP contribution in [0.2, 0.25) is 10.0 Å². The molecule has 0 atom stereocenters. The average molecular weight is 362 g/mol. The van der Waals surface area contributed by atoms with Gasteiger partial charge in [-0.05, 0) is 24.6 Å². The number of rotatable bonds is 4. The second-order valence-corrected chi connectivity index (χ2v) is 5.67. The topological polar surface area (TPSA) is 78.4 Å². The Hall–Kier alpha value is -2.55. The highest BCUT2D eigenvalue weighted by atomic mass is 35.5. The summed E-state index contributed by atoms with van der Waals surface area (Å²) < 4.78 is 1.06. The third-order valence-electron chi connectivity index (χ3n) is 3.42. The summed E-state index contributed by atoms with van der Waals surface area (Å²) in [6.07, 6.45) is 2.80. The minimum atomic E-state index is -0.578. The standard InChI is InChI=1S/C17H13Cl2N3O2/c1-3-7-22-16(23)11(8-20)10(2)12(17(22)24)9-21-14-6-4-5-13(18)15(14)19/h3-6,9,24H,1,7H2,2H3. The van der Waals surface area contributed by atoms with Crippen molar-refractivity contribution in [1.82, 2.24) is 4.57 Å². The third-order valence-corrected chi connectivity index (χ3v) is 4.23. The first kappa shape index (κ1) is 17.8. The van der Waals surface area contributed by atoms with Crippen LogP contribution in [0.5, 0.6) is 5.88 Å². The first-order valence-corrected chi connectivity index (χ1v) is 7.63. The van der Waals surface area contributed by atoms with Crippen molar-refractivity contribution in [2.75, 3.05) is 0 Å². The monoisotopic (exact) mass is 361 g/mol. The van der Waals surface area contributed by atoms with E-state index in [4.69, 9.17) is 23.2 Å². The number of aromatic hydroxyl groups is 1. The molecule has 1 aromatic carbocycles. The molecule has 0 aliphatic heterocycles. The second-order valence-electron chi connectivity index (χ2n) is 4.88. The van der Waals surface area contributed by atoms with Crippen LogP contribution < -0.4 is 5.56 Å². The molecule has 1 aromatic heterocycles. The minimum absolute atomic E-state index is 0.0618. The summed E-state index contributed by atoms with van der Waals surface area (Å²) in [6, 6.07) is 6.83. The SMILES string of the molecule is C=CCn1c(O)c(C=Nc2cccc(Cl)c2Cl)c(C)c(C#N)c1=O. The van der Waals surface area contributed by atoms with Crippen LogP contribution in [0, 0.1) is 18.3 Å². The van der Waals surface area contributed by atoms with Gasteiger partial charge in [-0.2, -0.15) is 5.26 Å². The summed E-state index contributed by atoms with van der Waals surface area (Å²) in [5.74, 6) is -0.293. The van der Waals surface area contributed by atoms with Gasteiger partial charge in [0.25, 0.3) is 5.56 Å². The summed E-state index contributed by atoms with van der Waals surface area (Å²) in [5, 5.41) is 20.2. The fourth-order valence-electron chi connectivity index (χ4n) is 2.15. The van der Waals surface area contributed by atoms with E-state index in [0.717, 1.165) is 4.57 Å². The third kappa shape index (κ3) is 3.21. The van der Waals surface area contributed by atoms with Gasteiger partial charge in [0, 0.05) is 12.8 Å². The Morgan fingerprint density at radius 3 is 2.79 bits per heavy atom. The van der Waals surface area contributed by atoms with E-state index in [9.17, 15) is 15.2 Å². The van der Waals surface area contributed by atoms with Crippen LogP contribution in [0.3, 0.4) is 0 Å². The van der Waals surface area contributed by atoms with E-state index in [2.05, 4.69) is 11.6 Å². The zero-order chi connectivity index (χ0) is 17.9. The van der Waals surface area contributed by atoms with Crippen molar-refractivity contribution in [1.29, 1.82) is 5.26 Å². The van der Waals surface area contributed by atoms with Crippen LogP contribution >= 0.6 is 23.2 Å². The van der Waals surface area contributed by atoms with Crippen LogP contribution in [0.15, 0.2) is 40.6 Å². The average Bonchev–Trinajstić information content (AvgIpc) is 2.55. The van der Waals surface area contributed by atoms with E-state index in [0.29, 0.717) is 16.3 Å². The molecule has 2 aromatic rings. The van der Waals surface area contributed by atoms with Gasteiger partial charge in [0.2, 0.25) is 5.88 Å². The van der Waals surface area contributed by atoms with E-state index >= 15 is 0 Å². The first-order chi connectivity index (χ1) is 11.4. The summed E-state index contributed by atoms with van der Waals surface area (Å²) in [7, 11) is 0. The van der Waals surface area contributed by atoms with Gasteiger partial charge in [0.05, 0.1) is 21.3 Å². The quantitative estimate of drug-likeness (QED) is 0.660. The number of allylic oxidation sites excluding steroid dienone is 1. The molecule has 7 heteroatoms. The number of nitriles is 1. The lowest BCUT2D eigenvalue weighted by Crippen LogP contribution is -2.24. The maximum Gasteiger partial charge on any atom is 0.271 e. The predicted octanol–water partition coefficient (Wildman–Crippen LogP) is 3.98. The first-order valence-electron chi connectivity index (χ1n) is 6.87. The molecular formula is C17H13Cl2N3O2. The number of nitrogens with zero attached hydrogens (tertiary/aromatic N) is 3. The predicted molar refractivity (Wildman–Crippen MR) is 95.7 cm³/mol. The number of benzene rings is 1. The van der Waals surface area contributed by atoms with Crippen LogP contribution in [0.25, 0.3) is 0 Å². The molecule has 24 heavy (non-hydrogen) atoms. The molecule has 122 valence electrons. The Labute approximate surface area is 148 Å². The molecule has 0 fully saturated rings. The van der Waals surface area contributed by atoms with Crippen LogP contribution in [0.1, 0.15) is 16.7 Å². The van der Waals surface area contributed by atoms with Crippen molar-refractivity contribution in [2.45, 2.75) is 13.5 Å². The Balaban J connectivity index is 2.66. The van der Waals surface area contributed by atoms with Gasteiger partial charge < -0.3 is 5.11 Å². The lowest BCUT2D eigenvalue weighted by atomic mass is 10.1. The maximum absolute atomic E-state index is 12.2. The smallest absolute Gasteiger partial charge is 0.271 e. The lowest BCUT2D eigenvalue weighted by Gasteiger charge is -2.12. The molecule has 0 bridgehead atoms. The van der Waals surface area contributed by atoms with Gasteiger partial charge in [0.15, 0.2) is 0 Å². The van der Waals surface area contributed by atoms with E-state index in [-0.39, 0.29) is 28.6 Å². The Morgan fingerprint density at radius 2 is 2.17 bits per heavy atom. The zero-order valence-electron chi connectivity index (χ0n) is 12.8. The summed E-state index contributed by atoms with van der Waals surface area (Å²) in [4.78, 5) is 16.4. The van der Waals surface area contributed by atoms with E-state index < -0.39 is 5.56 Å². The van der Waals surface area contributed by atoms with Gasteiger partial charge in [-0.25, -0.2) is 0 Å². The van der Waals surface area contributed by atoms with E-state index in [1.54, 1.807) is 25.1 Å². The maximum atomic E-state index is 12.2. The van der Waals surface area contributed by atoms with Crippen molar-refractivity contribution in [3.63, 3.8) is 0 Å². The van der Waals surface area contributed by atoms with Gasteiger partial charge in [-0.3, -0.25) is 14.4 Å². The number of hydrogen-bond acceptors (Lipinski definition) is 4. The highest BCUT2D eigenvalue weighted by Gasteiger charge is 2.17. The van der Waals surface area contributed by atoms with Crippen molar-refractivity contribution in [3.8, 4) is 11.9 Å². The number of pyridine rings is 1. The molecule has 0 aliphatic rings. The Kier molecular flexibility index (Phi) is 5.45. The zero-order valence-corrected chi connectivity index (χ0v) is 14.3. The highest BCUT2D eigenvalue weighted by Crippen LogP contribution is 2.32. The minimum Gasteiger partial charge on any atom is -0.494 e. The molecule has 0 spiro atoms. The molecule has 0 saturated heterocycles. The highest BCUT2D eigenvalue weighted by molar-refractivity contribution is 6.43. The number of aromatic nitrogens is 1. The van der Waals surface area contributed by atoms with Crippen molar-refractivity contribution in [2.24, 2.45) is 4.99 Å². The molecule has 0 saturated carbocycles. The van der Waals surface area contributed by atoms with Crippen molar-refractivity contribution < 1.29 is 5.11 Å². The van der Waals surface area contributed by atoms with Crippen LogP contribution in [0.4, 0.5) is 5.69 Å². The van der Waals surface area contributed by atoms with Gasteiger partial charge in [-0.15, -0.1) is 6.58 Å². The molecule has 0 unspecified atom stereocenters.